The number of likely N-dealkylation sites (tertiary alicyclic amines) is 1. The van der Waals surface area contributed by atoms with Crippen LogP contribution in [0, 0.1) is 20.8 Å². The van der Waals surface area contributed by atoms with Gasteiger partial charge in [-0.3, -0.25) is 19.3 Å². The van der Waals surface area contributed by atoms with Crippen LogP contribution in [0.4, 0.5) is 10.2 Å². The summed E-state index contributed by atoms with van der Waals surface area (Å²) >= 11 is 3.29. The second-order valence-corrected chi connectivity index (χ2v) is 11.5. The van der Waals surface area contributed by atoms with Gasteiger partial charge in [0.15, 0.2) is 0 Å². The van der Waals surface area contributed by atoms with Gasteiger partial charge in [-0.2, -0.15) is 5.10 Å². The van der Waals surface area contributed by atoms with Crippen molar-refractivity contribution in [2.75, 3.05) is 11.9 Å². The average Bonchev–Trinajstić information content (AvgIpc) is 3.44. The van der Waals surface area contributed by atoms with Crippen molar-refractivity contribution < 1.29 is 19.1 Å². The molecule has 0 aromatic carbocycles. The summed E-state index contributed by atoms with van der Waals surface area (Å²) in [5.41, 5.74) is 1.78. The van der Waals surface area contributed by atoms with Crippen LogP contribution >= 0.6 is 15.9 Å². The maximum absolute atomic E-state index is 15.2. The van der Waals surface area contributed by atoms with Crippen LogP contribution in [0.15, 0.2) is 35.2 Å². The number of carbonyl (C=O) groups is 2. The molecule has 13 heteroatoms. The van der Waals surface area contributed by atoms with Crippen LogP contribution in [0.2, 0.25) is 0 Å². The number of nitrogens with zero attached hydrogens (tertiary/aromatic N) is 7. The van der Waals surface area contributed by atoms with E-state index in [0.717, 1.165) is 5.56 Å². The fraction of sp³-hybridized carbons (Fsp3) is 0.393. The average molecular weight is 626 g/mol. The first-order chi connectivity index (χ1) is 19.3. The summed E-state index contributed by atoms with van der Waals surface area (Å²) in [5.74, 6) is -0.0437. The molecule has 1 fully saturated rings. The molecule has 41 heavy (non-hydrogen) atoms. The number of alkyl halides is 1. The van der Waals surface area contributed by atoms with Crippen molar-refractivity contribution in [1.82, 2.24) is 34.6 Å². The molecule has 2 N–H and O–H groups in total. The van der Waals surface area contributed by atoms with E-state index in [-0.39, 0.29) is 19.5 Å². The highest BCUT2D eigenvalue weighted by Crippen LogP contribution is 2.33. The van der Waals surface area contributed by atoms with Crippen LogP contribution in [0.1, 0.15) is 49.1 Å². The van der Waals surface area contributed by atoms with Crippen LogP contribution in [-0.2, 0) is 16.1 Å². The Hall–Kier alpha value is -3.84. The van der Waals surface area contributed by atoms with E-state index in [4.69, 9.17) is 0 Å². The third-order valence-corrected chi connectivity index (χ3v) is 7.55. The van der Waals surface area contributed by atoms with Gasteiger partial charge < -0.3 is 15.3 Å². The van der Waals surface area contributed by atoms with Crippen LogP contribution < -0.4 is 5.32 Å². The number of amides is 2. The maximum Gasteiger partial charge on any atom is 0.248 e. The summed E-state index contributed by atoms with van der Waals surface area (Å²) in [7, 11) is 0. The first kappa shape index (κ1) is 28.7. The minimum Gasteiger partial charge on any atom is -0.387 e. The quantitative estimate of drug-likeness (QED) is 0.307. The van der Waals surface area contributed by atoms with E-state index in [1.165, 1.54) is 16.5 Å². The number of rotatable bonds is 6. The van der Waals surface area contributed by atoms with Crippen molar-refractivity contribution in [1.29, 1.82) is 0 Å². The summed E-state index contributed by atoms with van der Waals surface area (Å²) in [6.45, 7) is 7.82. The summed E-state index contributed by atoms with van der Waals surface area (Å²) in [4.78, 5) is 45.6. The van der Waals surface area contributed by atoms with Gasteiger partial charge in [-0.05, 0) is 68.2 Å². The third-order valence-electron chi connectivity index (χ3n) is 7.11. The molecule has 5 heterocycles. The third kappa shape index (κ3) is 5.82. The Balaban J connectivity index is 1.46. The highest BCUT2D eigenvalue weighted by molar-refractivity contribution is 9.10. The van der Waals surface area contributed by atoms with E-state index < -0.39 is 29.6 Å². The van der Waals surface area contributed by atoms with Gasteiger partial charge in [0.25, 0.3) is 0 Å². The molecule has 1 saturated heterocycles. The minimum absolute atomic E-state index is 0.154. The number of aromatic nitrogens is 6. The standard InChI is InChI=1S/C28H30BrFN8O3/c1-14-6-7-22(29)34-26(14)35-27(41)21-9-28(5,30)13-37(21)23(40)12-38-25-15(2)33-20(18-10-31-17(4)32-11-18)8-19(25)24(36-38)16(3)39/h6-8,10-11,16,21,39H,9,12-13H2,1-5H3,(H,34,35,41)/t16?,21-,28+/m0/s1. The summed E-state index contributed by atoms with van der Waals surface area (Å²) in [6, 6.07) is 4.28. The number of pyridine rings is 2. The fourth-order valence-corrected chi connectivity index (χ4v) is 5.42. The predicted molar refractivity (Wildman–Crippen MR) is 154 cm³/mol. The van der Waals surface area contributed by atoms with Crippen LogP contribution in [0.25, 0.3) is 22.2 Å². The van der Waals surface area contributed by atoms with E-state index in [0.29, 0.717) is 49.8 Å². The SMILES string of the molecule is Cc1ncc(-c2cc3c(C(C)O)nn(CC(=O)N4C[C@](C)(F)C[C@H]4C(=O)Nc4nc(Br)ccc4C)c3c(C)n2)cn1. The lowest BCUT2D eigenvalue weighted by Crippen LogP contribution is -2.45. The van der Waals surface area contributed by atoms with Crippen molar-refractivity contribution in [3.8, 4) is 11.3 Å². The Kier molecular flexibility index (Phi) is 7.60. The Morgan fingerprint density at radius 1 is 1.22 bits per heavy atom. The van der Waals surface area contributed by atoms with Gasteiger partial charge in [0, 0.05) is 29.8 Å². The van der Waals surface area contributed by atoms with E-state index in [1.807, 2.05) is 0 Å². The summed E-state index contributed by atoms with van der Waals surface area (Å²) < 4.78 is 17.2. The monoisotopic (exact) mass is 624 g/mol. The van der Waals surface area contributed by atoms with Gasteiger partial charge in [0.1, 0.15) is 34.5 Å². The number of aliphatic hydroxyl groups is 1. The number of hydrogen-bond acceptors (Lipinski definition) is 8. The van der Waals surface area contributed by atoms with E-state index in [2.05, 4.69) is 46.3 Å². The number of fused-ring (bicyclic) bond motifs is 1. The molecular formula is C28H30BrFN8O3. The highest BCUT2D eigenvalue weighted by Gasteiger charge is 2.46. The smallest absolute Gasteiger partial charge is 0.248 e. The number of anilines is 1. The first-order valence-electron chi connectivity index (χ1n) is 13.1. The van der Waals surface area contributed by atoms with Crippen molar-refractivity contribution in [3.63, 3.8) is 0 Å². The molecule has 214 valence electrons. The largest absolute Gasteiger partial charge is 0.387 e. The second kappa shape index (κ2) is 10.9. The van der Waals surface area contributed by atoms with Gasteiger partial charge in [-0.15, -0.1) is 0 Å². The van der Waals surface area contributed by atoms with Crippen molar-refractivity contribution in [3.05, 3.63) is 58.0 Å². The zero-order valence-electron chi connectivity index (χ0n) is 23.3. The molecule has 11 nitrogen and oxygen atoms in total. The number of halogens is 2. The highest BCUT2D eigenvalue weighted by atomic mass is 79.9. The van der Waals surface area contributed by atoms with E-state index in [9.17, 15) is 14.7 Å². The van der Waals surface area contributed by atoms with Crippen molar-refractivity contribution >= 4 is 44.5 Å². The lowest BCUT2D eigenvalue weighted by atomic mass is 10.0. The zero-order chi connectivity index (χ0) is 29.6. The molecule has 4 aromatic rings. The molecule has 0 aliphatic carbocycles. The van der Waals surface area contributed by atoms with Crippen LogP contribution in [0.5, 0.6) is 0 Å². The Morgan fingerprint density at radius 2 is 1.93 bits per heavy atom. The normalized spacial score (nSPS) is 19.5. The van der Waals surface area contributed by atoms with Gasteiger partial charge in [0.2, 0.25) is 11.8 Å². The molecule has 0 bridgehead atoms. The predicted octanol–water partition coefficient (Wildman–Crippen LogP) is 3.99. The lowest BCUT2D eigenvalue weighted by Gasteiger charge is -2.24. The lowest BCUT2D eigenvalue weighted by molar-refractivity contribution is -0.137. The fourth-order valence-electron chi connectivity index (χ4n) is 5.11. The number of hydrogen-bond donors (Lipinski definition) is 2. The van der Waals surface area contributed by atoms with Crippen LogP contribution in [-0.4, -0.2) is 69.8 Å². The van der Waals surface area contributed by atoms with Gasteiger partial charge in [-0.1, -0.05) is 6.07 Å². The molecule has 0 spiro atoms. The topological polar surface area (TPSA) is 139 Å². The Bertz CT molecular complexity index is 1650. The Labute approximate surface area is 244 Å². The maximum atomic E-state index is 15.2. The molecule has 3 atom stereocenters. The van der Waals surface area contributed by atoms with Crippen molar-refractivity contribution in [2.45, 2.75) is 65.4 Å². The van der Waals surface area contributed by atoms with Gasteiger partial charge in [0.05, 0.1) is 35.2 Å². The first-order valence-corrected chi connectivity index (χ1v) is 13.9. The molecule has 0 radical (unpaired) electrons. The van der Waals surface area contributed by atoms with Crippen LogP contribution in [0.3, 0.4) is 0 Å². The molecule has 5 rings (SSSR count). The molecule has 4 aromatic heterocycles. The molecule has 2 amide bonds. The zero-order valence-corrected chi connectivity index (χ0v) is 24.9. The van der Waals surface area contributed by atoms with Crippen molar-refractivity contribution in [2.24, 2.45) is 0 Å². The van der Waals surface area contributed by atoms with E-state index >= 15 is 4.39 Å². The Morgan fingerprint density at radius 3 is 2.61 bits per heavy atom. The van der Waals surface area contributed by atoms with Gasteiger partial charge in [-0.25, -0.2) is 19.3 Å². The summed E-state index contributed by atoms with van der Waals surface area (Å²) in [5, 5.41) is 18.4. The molecule has 1 aliphatic rings. The molecule has 1 unspecified atom stereocenters. The number of aliphatic hydroxyl groups excluding tert-OH is 1. The number of nitrogens with one attached hydrogen (secondary N) is 1. The number of aryl methyl sites for hydroxylation is 3. The molecule has 0 saturated carbocycles. The number of carbonyl (C=O) groups excluding carboxylic acids is 2. The molecule has 1 aliphatic heterocycles. The molecular weight excluding hydrogens is 595 g/mol. The summed E-state index contributed by atoms with van der Waals surface area (Å²) in [6.07, 6.45) is 2.25. The van der Waals surface area contributed by atoms with Gasteiger partial charge >= 0.3 is 0 Å². The second-order valence-electron chi connectivity index (χ2n) is 10.7. The minimum atomic E-state index is -1.75. The van der Waals surface area contributed by atoms with E-state index in [1.54, 1.807) is 58.3 Å².